The van der Waals surface area contributed by atoms with Gasteiger partial charge in [0, 0.05) is 62.3 Å². The lowest BCUT2D eigenvalue weighted by Crippen LogP contribution is -2.50. The van der Waals surface area contributed by atoms with E-state index in [2.05, 4.69) is 53.5 Å². The first kappa shape index (κ1) is 29.3. The van der Waals surface area contributed by atoms with E-state index in [1.807, 2.05) is 0 Å². The maximum absolute atomic E-state index is 12.9. The number of benzene rings is 1. The van der Waals surface area contributed by atoms with Crippen LogP contribution in [0.25, 0.3) is 0 Å². The van der Waals surface area contributed by atoms with E-state index in [9.17, 15) is 31.1 Å². The van der Waals surface area contributed by atoms with Crippen LogP contribution in [0, 0.1) is 24.2 Å². The summed E-state index contributed by atoms with van der Waals surface area (Å²) in [6.45, 7) is 11.6. The molecule has 0 bridgehead atoms. The fourth-order valence-corrected chi connectivity index (χ4v) is 7.16. The Morgan fingerprint density at radius 3 is 2.23 bits per heavy atom. The highest BCUT2D eigenvalue weighted by molar-refractivity contribution is 5.68. The van der Waals surface area contributed by atoms with Crippen molar-refractivity contribution in [2.45, 2.75) is 70.6 Å². The Labute approximate surface area is 230 Å². The van der Waals surface area contributed by atoms with Gasteiger partial charge in [-0.25, -0.2) is 4.79 Å². The van der Waals surface area contributed by atoms with E-state index in [1.165, 1.54) is 16.8 Å². The number of carbonyl (C=O) groups excluding carboxylic acids is 1. The van der Waals surface area contributed by atoms with Gasteiger partial charge in [0.15, 0.2) is 0 Å². The third-order valence-corrected chi connectivity index (χ3v) is 9.27. The van der Waals surface area contributed by atoms with E-state index >= 15 is 0 Å². The van der Waals surface area contributed by atoms with Crippen molar-refractivity contribution in [2.24, 2.45) is 17.3 Å². The number of fused-ring (bicyclic) bond motifs is 1. The number of anilines is 1. The molecule has 12 heteroatoms. The van der Waals surface area contributed by atoms with Crippen molar-refractivity contribution < 1.29 is 40.6 Å². The van der Waals surface area contributed by atoms with E-state index in [0.29, 0.717) is 24.7 Å². The van der Waals surface area contributed by atoms with Gasteiger partial charge in [-0.05, 0) is 62.6 Å². The molecular formula is C28H37F6N3O3. The van der Waals surface area contributed by atoms with Crippen LogP contribution < -0.4 is 4.90 Å². The maximum atomic E-state index is 12.9. The molecule has 6 nitrogen and oxygen atoms in total. The van der Waals surface area contributed by atoms with Crippen LogP contribution >= 0.6 is 0 Å². The lowest BCUT2D eigenvalue weighted by molar-refractivity contribution is -0.308. The molecule has 4 heterocycles. The number of nitrogens with zero attached hydrogens (tertiary/aromatic N) is 3. The number of likely N-dealkylation sites (tertiary alicyclic amines) is 2. The van der Waals surface area contributed by atoms with Gasteiger partial charge in [-0.3, -0.25) is 4.90 Å². The molecule has 0 radical (unpaired) electrons. The van der Waals surface area contributed by atoms with Gasteiger partial charge >= 0.3 is 18.4 Å². The van der Waals surface area contributed by atoms with Gasteiger partial charge < -0.3 is 19.3 Å². The second-order valence-electron chi connectivity index (χ2n) is 12.8. The molecule has 1 aromatic carbocycles. The minimum absolute atomic E-state index is 0.0552. The standard InChI is InChI=1S/C28H37F6N3O3/c1-18-4-5-19(22(10-18)36-11-20-14-39-15-21(20)12-36)13-37-17-26(16-25(37,2)3)6-8-35(9-7-26)24(38)40-23(27(29,30)31)28(32,33)34/h4-5,10,20-21,23H,6-9,11-17H2,1-3H3. The predicted octanol–water partition coefficient (Wildman–Crippen LogP) is 5.77. The first-order valence-corrected chi connectivity index (χ1v) is 13.8. The quantitative estimate of drug-likeness (QED) is 0.425. The molecule has 4 fully saturated rings. The average Bonchev–Trinajstić information content (AvgIpc) is 3.50. The summed E-state index contributed by atoms with van der Waals surface area (Å²) in [7, 11) is 0. The molecule has 0 aromatic heterocycles. The Morgan fingerprint density at radius 1 is 1.05 bits per heavy atom. The molecule has 2 unspecified atom stereocenters. The van der Waals surface area contributed by atoms with Gasteiger partial charge in [0.2, 0.25) is 0 Å². The van der Waals surface area contributed by atoms with E-state index in [0.717, 1.165) is 50.7 Å². The molecule has 4 saturated heterocycles. The van der Waals surface area contributed by atoms with Crippen LogP contribution in [0.15, 0.2) is 18.2 Å². The number of halogens is 6. The Balaban J connectivity index is 1.24. The topological polar surface area (TPSA) is 45.2 Å². The van der Waals surface area contributed by atoms with Crippen molar-refractivity contribution in [3.63, 3.8) is 0 Å². The van der Waals surface area contributed by atoms with Crippen molar-refractivity contribution in [3.8, 4) is 0 Å². The molecule has 4 aliphatic rings. The van der Waals surface area contributed by atoms with Crippen LogP contribution in [0.5, 0.6) is 0 Å². The number of aryl methyl sites for hydroxylation is 1. The Bertz CT molecular complexity index is 1070. The van der Waals surface area contributed by atoms with Crippen LogP contribution in [0.1, 0.15) is 44.2 Å². The van der Waals surface area contributed by atoms with E-state index in [1.54, 1.807) is 0 Å². The van der Waals surface area contributed by atoms with Crippen molar-refractivity contribution in [3.05, 3.63) is 29.3 Å². The summed E-state index contributed by atoms with van der Waals surface area (Å²) in [4.78, 5) is 18.2. The summed E-state index contributed by atoms with van der Waals surface area (Å²) in [5.74, 6) is 1.11. The first-order chi connectivity index (χ1) is 18.6. The SMILES string of the molecule is Cc1ccc(CN2CC3(CCN(C(=O)OC(C(F)(F)F)C(F)(F)F)CC3)CC2(C)C)c(N2CC3COCC3C2)c1. The van der Waals surface area contributed by atoms with Crippen molar-refractivity contribution in [1.29, 1.82) is 0 Å². The molecule has 1 aromatic rings. The minimum Gasteiger partial charge on any atom is -0.426 e. The van der Waals surface area contributed by atoms with E-state index in [-0.39, 0.29) is 24.0 Å². The number of hydrogen-bond acceptors (Lipinski definition) is 5. The predicted molar refractivity (Wildman–Crippen MR) is 136 cm³/mol. The molecule has 0 aliphatic carbocycles. The Morgan fingerprint density at radius 2 is 1.65 bits per heavy atom. The van der Waals surface area contributed by atoms with Crippen LogP contribution in [0.2, 0.25) is 0 Å². The maximum Gasteiger partial charge on any atom is 0.434 e. The highest BCUT2D eigenvalue weighted by Crippen LogP contribution is 2.49. The molecule has 40 heavy (non-hydrogen) atoms. The largest absolute Gasteiger partial charge is 0.434 e. The van der Waals surface area contributed by atoms with Crippen molar-refractivity contribution in [2.75, 3.05) is 50.8 Å². The van der Waals surface area contributed by atoms with Crippen LogP contribution in [-0.4, -0.2) is 85.8 Å². The summed E-state index contributed by atoms with van der Waals surface area (Å²) in [6, 6.07) is 6.55. The Kier molecular flexibility index (Phi) is 7.51. The molecule has 1 spiro atoms. The smallest absolute Gasteiger partial charge is 0.426 e. The monoisotopic (exact) mass is 577 g/mol. The van der Waals surface area contributed by atoms with Gasteiger partial charge in [0.1, 0.15) is 0 Å². The van der Waals surface area contributed by atoms with Crippen molar-refractivity contribution in [1.82, 2.24) is 9.80 Å². The normalized spacial score (nSPS) is 26.6. The minimum atomic E-state index is -5.72. The van der Waals surface area contributed by atoms with Gasteiger partial charge in [-0.15, -0.1) is 0 Å². The molecule has 5 rings (SSSR count). The summed E-state index contributed by atoms with van der Waals surface area (Å²) in [6.07, 6.45) is -15.4. The highest BCUT2D eigenvalue weighted by atomic mass is 19.4. The first-order valence-electron chi connectivity index (χ1n) is 13.8. The lowest BCUT2D eigenvalue weighted by atomic mass is 9.74. The van der Waals surface area contributed by atoms with Crippen LogP contribution in [-0.2, 0) is 16.0 Å². The van der Waals surface area contributed by atoms with Crippen molar-refractivity contribution >= 4 is 11.8 Å². The second-order valence-corrected chi connectivity index (χ2v) is 12.8. The number of rotatable bonds is 4. The zero-order valence-electron chi connectivity index (χ0n) is 23.1. The molecular weight excluding hydrogens is 540 g/mol. The molecule has 1 amide bonds. The van der Waals surface area contributed by atoms with Crippen LogP contribution in [0.4, 0.5) is 36.8 Å². The van der Waals surface area contributed by atoms with E-state index < -0.39 is 24.5 Å². The van der Waals surface area contributed by atoms with Gasteiger partial charge in [-0.2, -0.15) is 26.3 Å². The van der Waals surface area contributed by atoms with Gasteiger partial charge in [0.25, 0.3) is 6.10 Å². The van der Waals surface area contributed by atoms with E-state index in [4.69, 9.17) is 4.74 Å². The zero-order chi connectivity index (χ0) is 29.1. The van der Waals surface area contributed by atoms with Crippen LogP contribution in [0.3, 0.4) is 0 Å². The summed E-state index contributed by atoms with van der Waals surface area (Å²) in [5, 5.41) is 0. The van der Waals surface area contributed by atoms with Gasteiger partial charge in [0.05, 0.1) is 13.2 Å². The summed E-state index contributed by atoms with van der Waals surface area (Å²) >= 11 is 0. The number of carbonyl (C=O) groups is 1. The highest BCUT2D eigenvalue weighted by Gasteiger charge is 2.60. The lowest BCUT2D eigenvalue weighted by Gasteiger charge is -2.39. The number of piperidine rings is 1. The summed E-state index contributed by atoms with van der Waals surface area (Å²) < 4.78 is 86.8. The molecule has 0 N–H and O–H groups in total. The molecule has 2 atom stereocenters. The number of hydrogen-bond donors (Lipinski definition) is 0. The fraction of sp³-hybridized carbons (Fsp3) is 0.750. The zero-order valence-corrected chi connectivity index (χ0v) is 23.1. The molecule has 4 aliphatic heterocycles. The number of alkyl halides is 6. The average molecular weight is 578 g/mol. The second kappa shape index (κ2) is 10.3. The third-order valence-electron chi connectivity index (χ3n) is 9.27. The third kappa shape index (κ3) is 5.89. The molecule has 224 valence electrons. The number of ether oxygens (including phenoxy) is 2. The fourth-order valence-electron chi connectivity index (χ4n) is 7.16. The molecule has 0 saturated carbocycles. The number of amides is 1. The summed E-state index contributed by atoms with van der Waals surface area (Å²) in [5.41, 5.74) is 3.33. The van der Waals surface area contributed by atoms with Gasteiger partial charge in [-0.1, -0.05) is 12.1 Å². The Hall–Kier alpha value is -2.21.